The van der Waals surface area contributed by atoms with Crippen LogP contribution in [0.5, 0.6) is 0 Å². The molecule has 0 saturated carbocycles. The van der Waals surface area contributed by atoms with Crippen molar-refractivity contribution < 1.29 is 9.53 Å². The summed E-state index contributed by atoms with van der Waals surface area (Å²) in [5, 5.41) is 2.01. The third-order valence-electron chi connectivity index (χ3n) is 2.33. The minimum atomic E-state index is -0.177. The highest BCUT2D eigenvalue weighted by Crippen LogP contribution is 2.28. The lowest BCUT2D eigenvalue weighted by molar-refractivity contribution is -0.140. The number of esters is 1. The standard InChI is InChI=1S/C14H15NO2S2/c1-2-8-17-13(16)10-19-14-15-12(9-18-14)11-6-4-3-5-7-11/h3-7,9H,2,8,10H2,1H3. The van der Waals surface area contributed by atoms with Crippen molar-refractivity contribution in [2.24, 2.45) is 0 Å². The van der Waals surface area contributed by atoms with Crippen molar-refractivity contribution in [1.82, 2.24) is 4.98 Å². The van der Waals surface area contributed by atoms with Gasteiger partial charge in [0.05, 0.1) is 18.1 Å². The molecule has 0 spiro atoms. The summed E-state index contributed by atoms with van der Waals surface area (Å²) in [6, 6.07) is 10.0. The van der Waals surface area contributed by atoms with Gasteiger partial charge in [-0.1, -0.05) is 49.0 Å². The van der Waals surface area contributed by atoms with Crippen molar-refractivity contribution in [1.29, 1.82) is 0 Å². The molecule has 0 amide bonds. The van der Waals surface area contributed by atoms with Crippen molar-refractivity contribution in [2.45, 2.75) is 17.7 Å². The fourth-order valence-corrected chi connectivity index (χ4v) is 3.08. The first-order valence-electron chi connectivity index (χ1n) is 6.09. The smallest absolute Gasteiger partial charge is 0.316 e. The molecular weight excluding hydrogens is 278 g/mol. The minimum Gasteiger partial charge on any atom is -0.465 e. The second-order valence-electron chi connectivity index (χ2n) is 3.87. The van der Waals surface area contributed by atoms with Crippen LogP contribution in [0.1, 0.15) is 13.3 Å². The molecule has 0 bridgehead atoms. The summed E-state index contributed by atoms with van der Waals surface area (Å²) in [7, 11) is 0. The summed E-state index contributed by atoms with van der Waals surface area (Å²) in [6.07, 6.45) is 0.853. The van der Waals surface area contributed by atoms with E-state index in [9.17, 15) is 4.79 Å². The fourth-order valence-electron chi connectivity index (χ4n) is 1.44. The molecule has 0 radical (unpaired) electrons. The van der Waals surface area contributed by atoms with E-state index in [2.05, 4.69) is 4.98 Å². The quantitative estimate of drug-likeness (QED) is 0.599. The monoisotopic (exact) mass is 293 g/mol. The number of thioether (sulfide) groups is 1. The van der Waals surface area contributed by atoms with Crippen molar-refractivity contribution in [2.75, 3.05) is 12.4 Å². The highest BCUT2D eigenvalue weighted by atomic mass is 32.2. The Bertz CT molecular complexity index is 525. The van der Waals surface area contributed by atoms with Crippen LogP contribution in [0, 0.1) is 0 Å². The van der Waals surface area contributed by atoms with Gasteiger partial charge in [-0.25, -0.2) is 4.98 Å². The van der Waals surface area contributed by atoms with Gasteiger partial charge in [0.15, 0.2) is 4.34 Å². The lowest BCUT2D eigenvalue weighted by Gasteiger charge is -2.00. The average Bonchev–Trinajstić information content (AvgIpc) is 2.93. The molecule has 0 aliphatic carbocycles. The van der Waals surface area contributed by atoms with E-state index in [0.717, 1.165) is 22.0 Å². The van der Waals surface area contributed by atoms with Gasteiger partial charge in [0.25, 0.3) is 0 Å². The maximum atomic E-state index is 11.4. The molecule has 0 aliphatic heterocycles. The SMILES string of the molecule is CCCOC(=O)CSc1nc(-c2ccccc2)cs1. The zero-order chi connectivity index (χ0) is 13.5. The molecule has 0 fully saturated rings. The Hall–Kier alpha value is -1.33. The molecule has 19 heavy (non-hydrogen) atoms. The van der Waals surface area contributed by atoms with Crippen molar-refractivity contribution >= 4 is 29.1 Å². The van der Waals surface area contributed by atoms with Gasteiger partial charge in [0.2, 0.25) is 0 Å². The first-order chi connectivity index (χ1) is 9.29. The summed E-state index contributed by atoms with van der Waals surface area (Å²) in [6.45, 7) is 2.47. The first kappa shape index (κ1) is 14.1. The summed E-state index contributed by atoms with van der Waals surface area (Å²) in [5.74, 6) is 0.144. The number of carbonyl (C=O) groups excluding carboxylic acids is 1. The van der Waals surface area contributed by atoms with Gasteiger partial charge >= 0.3 is 5.97 Å². The largest absolute Gasteiger partial charge is 0.465 e. The molecule has 5 heteroatoms. The third-order valence-corrected chi connectivity index (χ3v) is 4.33. The second-order valence-corrected chi connectivity index (χ2v) is 5.95. The number of rotatable bonds is 6. The number of carbonyl (C=O) groups is 1. The van der Waals surface area contributed by atoms with Gasteiger partial charge in [-0.2, -0.15) is 0 Å². The summed E-state index contributed by atoms with van der Waals surface area (Å²) < 4.78 is 5.92. The first-order valence-corrected chi connectivity index (χ1v) is 7.95. The highest BCUT2D eigenvalue weighted by Gasteiger charge is 2.08. The molecule has 100 valence electrons. The summed E-state index contributed by atoms with van der Waals surface area (Å²) >= 11 is 2.98. The van der Waals surface area contributed by atoms with Gasteiger partial charge in [0, 0.05) is 10.9 Å². The lowest BCUT2D eigenvalue weighted by atomic mass is 10.2. The molecule has 0 aliphatic rings. The Morgan fingerprint density at radius 3 is 2.89 bits per heavy atom. The summed E-state index contributed by atoms with van der Waals surface area (Å²) in [5.41, 5.74) is 2.05. The number of thiazole rings is 1. The maximum Gasteiger partial charge on any atom is 0.316 e. The Morgan fingerprint density at radius 1 is 1.37 bits per heavy atom. The van der Waals surface area contributed by atoms with E-state index in [0.29, 0.717) is 12.4 Å². The van der Waals surface area contributed by atoms with Crippen LogP contribution >= 0.6 is 23.1 Å². The van der Waals surface area contributed by atoms with Gasteiger partial charge in [-0.15, -0.1) is 11.3 Å². The van der Waals surface area contributed by atoms with Gasteiger partial charge in [-0.05, 0) is 6.42 Å². The van der Waals surface area contributed by atoms with E-state index >= 15 is 0 Å². The number of aromatic nitrogens is 1. The molecule has 3 nitrogen and oxygen atoms in total. The maximum absolute atomic E-state index is 11.4. The second kappa shape index (κ2) is 7.31. The molecule has 1 heterocycles. The molecular formula is C14H15NO2S2. The van der Waals surface area contributed by atoms with Crippen LogP contribution in [0.4, 0.5) is 0 Å². The topological polar surface area (TPSA) is 39.2 Å². The lowest BCUT2D eigenvalue weighted by Crippen LogP contribution is -2.07. The van der Waals surface area contributed by atoms with Gasteiger partial charge < -0.3 is 4.74 Å². The van der Waals surface area contributed by atoms with Crippen LogP contribution in [-0.2, 0) is 9.53 Å². The molecule has 0 saturated heterocycles. The van der Waals surface area contributed by atoms with Crippen LogP contribution in [0.2, 0.25) is 0 Å². The minimum absolute atomic E-state index is 0.177. The molecule has 2 aromatic rings. The molecule has 1 aromatic carbocycles. The number of hydrogen-bond acceptors (Lipinski definition) is 5. The van der Waals surface area contributed by atoms with E-state index in [1.165, 1.54) is 11.8 Å². The van der Waals surface area contributed by atoms with Crippen molar-refractivity contribution in [3.05, 3.63) is 35.7 Å². The Morgan fingerprint density at radius 2 is 2.16 bits per heavy atom. The van der Waals surface area contributed by atoms with Crippen molar-refractivity contribution in [3.8, 4) is 11.3 Å². The Kier molecular flexibility index (Phi) is 5.42. The van der Waals surface area contributed by atoms with Gasteiger partial charge in [0.1, 0.15) is 0 Å². The van der Waals surface area contributed by atoms with Crippen LogP contribution in [0.15, 0.2) is 40.1 Å². The average molecular weight is 293 g/mol. The third kappa shape index (κ3) is 4.36. The van der Waals surface area contributed by atoms with E-state index in [4.69, 9.17) is 4.74 Å². The van der Waals surface area contributed by atoms with Crippen LogP contribution < -0.4 is 0 Å². The normalized spacial score (nSPS) is 10.4. The van der Waals surface area contributed by atoms with Crippen LogP contribution in [0.25, 0.3) is 11.3 Å². The zero-order valence-electron chi connectivity index (χ0n) is 10.7. The van der Waals surface area contributed by atoms with Crippen LogP contribution in [-0.4, -0.2) is 23.3 Å². The number of nitrogens with zero attached hydrogens (tertiary/aromatic N) is 1. The Labute approximate surface area is 121 Å². The predicted molar refractivity (Wildman–Crippen MR) is 79.5 cm³/mol. The molecule has 2 rings (SSSR count). The van der Waals surface area contributed by atoms with E-state index in [1.807, 2.05) is 42.6 Å². The number of ether oxygens (including phenoxy) is 1. The molecule has 0 unspecified atom stereocenters. The molecule has 0 atom stereocenters. The predicted octanol–water partition coefficient (Wildman–Crippen LogP) is 3.86. The number of hydrogen-bond donors (Lipinski definition) is 0. The van der Waals surface area contributed by atoms with E-state index in [1.54, 1.807) is 11.3 Å². The number of benzene rings is 1. The Balaban J connectivity index is 1.90. The molecule has 1 aromatic heterocycles. The van der Waals surface area contributed by atoms with Crippen LogP contribution in [0.3, 0.4) is 0 Å². The van der Waals surface area contributed by atoms with Gasteiger partial charge in [-0.3, -0.25) is 4.79 Å². The zero-order valence-corrected chi connectivity index (χ0v) is 12.3. The summed E-state index contributed by atoms with van der Waals surface area (Å²) in [4.78, 5) is 15.9. The molecule has 0 N–H and O–H groups in total. The highest BCUT2D eigenvalue weighted by molar-refractivity contribution is 8.01. The fraction of sp³-hybridized carbons (Fsp3) is 0.286. The van der Waals surface area contributed by atoms with E-state index < -0.39 is 0 Å². The van der Waals surface area contributed by atoms with E-state index in [-0.39, 0.29) is 5.97 Å². The van der Waals surface area contributed by atoms with Crippen molar-refractivity contribution in [3.63, 3.8) is 0 Å².